The number of hydrogen-bond acceptors (Lipinski definition) is 3. The van der Waals surface area contributed by atoms with Crippen LogP contribution in [-0.2, 0) is 16.0 Å². The lowest BCUT2D eigenvalue weighted by atomic mass is 9.55. The topological polar surface area (TPSA) is 38.3 Å². The third-order valence-corrected chi connectivity index (χ3v) is 7.12. The van der Waals surface area contributed by atoms with Crippen LogP contribution in [0.15, 0.2) is 42.5 Å². The van der Waals surface area contributed by atoms with Gasteiger partial charge in [0.1, 0.15) is 6.10 Å². The first kappa shape index (κ1) is 17.8. The van der Waals surface area contributed by atoms with Crippen molar-refractivity contribution < 1.29 is 9.53 Å². The summed E-state index contributed by atoms with van der Waals surface area (Å²) in [5.41, 5.74) is 3.03. The molecule has 4 rings (SSSR count). The molecule has 1 aliphatic heterocycles. The van der Waals surface area contributed by atoms with Crippen LogP contribution in [0.1, 0.15) is 44.6 Å². The molecule has 0 radical (unpaired) electrons. The lowest BCUT2D eigenvalue weighted by Crippen LogP contribution is -2.45. The highest BCUT2D eigenvalue weighted by atomic mass is 16.6. The van der Waals surface area contributed by atoms with Crippen molar-refractivity contribution in [1.82, 2.24) is 5.32 Å². The van der Waals surface area contributed by atoms with E-state index in [9.17, 15) is 4.79 Å². The molecule has 3 heteroatoms. The minimum absolute atomic E-state index is 0.00931. The van der Waals surface area contributed by atoms with Crippen molar-refractivity contribution in [2.75, 3.05) is 13.1 Å². The Morgan fingerprint density at radius 3 is 2.92 bits per heavy atom. The predicted octanol–water partition coefficient (Wildman–Crippen LogP) is 4.13. The number of carbonyl (C=O) groups excluding carboxylic acids is 1. The molecule has 1 saturated heterocycles. The summed E-state index contributed by atoms with van der Waals surface area (Å²) in [6.45, 7) is 8.40. The number of rotatable bonds is 5. The Bertz CT molecular complexity index is 670. The lowest BCUT2D eigenvalue weighted by molar-refractivity contribution is -0.146. The third-order valence-electron chi connectivity index (χ3n) is 7.12. The highest BCUT2D eigenvalue weighted by Crippen LogP contribution is 2.56. The number of fused-ring (bicyclic) bond motifs is 2. The van der Waals surface area contributed by atoms with E-state index < -0.39 is 0 Å². The molecule has 3 fully saturated rings. The maximum atomic E-state index is 12.5. The first-order chi connectivity index (χ1) is 12.6. The molecule has 0 amide bonds. The van der Waals surface area contributed by atoms with Crippen LogP contribution >= 0.6 is 0 Å². The van der Waals surface area contributed by atoms with Gasteiger partial charge in [-0.15, -0.1) is 0 Å². The van der Waals surface area contributed by atoms with Crippen LogP contribution in [-0.4, -0.2) is 25.2 Å². The standard InChI is InChI=1S/C23H31NO2/c1-16-7-6-11-23(2)14-21-18(13-20(16)23)19(22(25)26-21)15-24-12-10-17-8-4-3-5-9-17/h3-5,8-9,18-21,24H,1,6-7,10-15H2,2H3/t18-,19-,20+,21+,23+/m0/s1. The summed E-state index contributed by atoms with van der Waals surface area (Å²) >= 11 is 0. The van der Waals surface area contributed by atoms with Crippen LogP contribution in [0.3, 0.4) is 0 Å². The molecule has 1 aromatic carbocycles. The maximum absolute atomic E-state index is 12.5. The second-order valence-electron chi connectivity index (χ2n) is 8.84. The summed E-state index contributed by atoms with van der Waals surface area (Å²) in [5.74, 6) is 0.952. The molecule has 26 heavy (non-hydrogen) atoms. The second kappa shape index (κ2) is 7.19. The number of hydrogen-bond donors (Lipinski definition) is 1. The predicted molar refractivity (Wildman–Crippen MR) is 104 cm³/mol. The number of carbonyl (C=O) groups is 1. The fourth-order valence-corrected chi connectivity index (χ4v) is 5.62. The quantitative estimate of drug-likeness (QED) is 0.491. The molecular weight excluding hydrogens is 322 g/mol. The molecule has 1 heterocycles. The van der Waals surface area contributed by atoms with E-state index in [1.54, 1.807) is 0 Å². The first-order valence-electron chi connectivity index (χ1n) is 10.2. The van der Waals surface area contributed by atoms with Crippen LogP contribution in [0.4, 0.5) is 0 Å². The number of nitrogens with one attached hydrogen (secondary N) is 1. The molecule has 140 valence electrons. The molecule has 0 unspecified atom stereocenters. The van der Waals surface area contributed by atoms with E-state index in [0.717, 1.165) is 38.8 Å². The van der Waals surface area contributed by atoms with Gasteiger partial charge in [0.2, 0.25) is 0 Å². The van der Waals surface area contributed by atoms with Gasteiger partial charge in [-0.05, 0) is 62.0 Å². The fourth-order valence-electron chi connectivity index (χ4n) is 5.62. The number of esters is 1. The zero-order valence-electron chi connectivity index (χ0n) is 15.9. The molecule has 0 spiro atoms. The first-order valence-corrected chi connectivity index (χ1v) is 10.2. The summed E-state index contributed by atoms with van der Waals surface area (Å²) in [4.78, 5) is 12.5. The summed E-state index contributed by atoms with van der Waals surface area (Å²) in [7, 11) is 0. The maximum Gasteiger partial charge on any atom is 0.310 e. The average molecular weight is 354 g/mol. The largest absolute Gasteiger partial charge is 0.462 e. The highest BCUT2D eigenvalue weighted by Gasteiger charge is 2.54. The van der Waals surface area contributed by atoms with Crippen molar-refractivity contribution in [1.29, 1.82) is 0 Å². The molecule has 3 nitrogen and oxygen atoms in total. The van der Waals surface area contributed by atoms with Gasteiger partial charge in [0, 0.05) is 12.5 Å². The van der Waals surface area contributed by atoms with E-state index in [2.05, 4.69) is 43.1 Å². The molecule has 2 saturated carbocycles. The minimum atomic E-state index is 0.00931. The van der Waals surface area contributed by atoms with Gasteiger partial charge in [0.05, 0.1) is 5.92 Å². The molecule has 0 bridgehead atoms. The van der Waals surface area contributed by atoms with E-state index in [-0.39, 0.29) is 23.4 Å². The van der Waals surface area contributed by atoms with Gasteiger partial charge in [0.15, 0.2) is 0 Å². The van der Waals surface area contributed by atoms with Gasteiger partial charge < -0.3 is 10.1 Å². The summed E-state index contributed by atoms with van der Waals surface area (Å²) in [5, 5.41) is 3.51. The van der Waals surface area contributed by atoms with Crippen LogP contribution < -0.4 is 5.32 Å². The Kier molecular flexibility index (Phi) is 4.92. The van der Waals surface area contributed by atoms with Gasteiger partial charge >= 0.3 is 5.97 Å². The Morgan fingerprint density at radius 1 is 1.31 bits per heavy atom. The SMILES string of the molecule is C=C1CCC[C@]2(C)C[C@H]3OC(=O)[C@@H](CNCCc4ccccc4)[C@@H]3C[C@H]12. The van der Waals surface area contributed by atoms with Crippen molar-refractivity contribution in [3.05, 3.63) is 48.0 Å². The Hall–Kier alpha value is -1.61. The number of benzene rings is 1. The van der Waals surface area contributed by atoms with Crippen LogP contribution in [0.2, 0.25) is 0 Å². The second-order valence-corrected chi connectivity index (χ2v) is 8.84. The molecular formula is C23H31NO2. The molecule has 2 aliphatic carbocycles. The summed E-state index contributed by atoms with van der Waals surface area (Å²) < 4.78 is 5.83. The van der Waals surface area contributed by atoms with Gasteiger partial charge in [0.25, 0.3) is 0 Å². The van der Waals surface area contributed by atoms with Gasteiger partial charge in [-0.3, -0.25) is 4.79 Å². The van der Waals surface area contributed by atoms with E-state index in [0.29, 0.717) is 11.8 Å². The third kappa shape index (κ3) is 3.34. The van der Waals surface area contributed by atoms with Crippen molar-refractivity contribution in [3.63, 3.8) is 0 Å². The molecule has 5 atom stereocenters. The summed E-state index contributed by atoms with van der Waals surface area (Å²) in [6, 6.07) is 10.5. The van der Waals surface area contributed by atoms with E-state index in [1.165, 1.54) is 24.0 Å². The zero-order chi connectivity index (χ0) is 18.1. The highest BCUT2D eigenvalue weighted by molar-refractivity contribution is 5.75. The smallest absolute Gasteiger partial charge is 0.310 e. The van der Waals surface area contributed by atoms with Gasteiger partial charge in [-0.1, -0.05) is 49.4 Å². The van der Waals surface area contributed by atoms with Crippen LogP contribution in [0.5, 0.6) is 0 Å². The number of allylic oxidation sites excluding steroid dienone is 1. The zero-order valence-corrected chi connectivity index (χ0v) is 15.9. The monoisotopic (exact) mass is 353 g/mol. The van der Waals surface area contributed by atoms with E-state index in [1.807, 2.05) is 6.07 Å². The molecule has 1 aromatic rings. The van der Waals surface area contributed by atoms with Crippen LogP contribution in [0, 0.1) is 23.2 Å². The van der Waals surface area contributed by atoms with Crippen LogP contribution in [0.25, 0.3) is 0 Å². The van der Waals surface area contributed by atoms with E-state index >= 15 is 0 Å². The van der Waals surface area contributed by atoms with Gasteiger partial charge in [-0.25, -0.2) is 0 Å². The van der Waals surface area contributed by atoms with E-state index in [4.69, 9.17) is 4.74 Å². The minimum Gasteiger partial charge on any atom is -0.462 e. The van der Waals surface area contributed by atoms with Crippen molar-refractivity contribution >= 4 is 5.97 Å². The molecule has 0 aromatic heterocycles. The average Bonchev–Trinajstić information content (AvgIpc) is 2.92. The normalized spacial score (nSPS) is 36.3. The lowest BCUT2D eigenvalue weighted by Gasteiger charge is -2.50. The van der Waals surface area contributed by atoms with Crippen molar-refractivity contribution in [3.8, 4) is 0 Å². The Balaban J connectivity index is 1.36. The van der Waals surface area contributed by atoms with Gasteiger partial charge in [-0.2, -0.15) is 0 Å². The van der Waals surface area contributed by atoms with Crippen molar-refractivity contribution in [2.45, 2.75) is 51.6 Å². The Labute approximate surface area is 157 Å². The number of ether oxygens (including phenoxy) is 1. The summed E-state index contributed by atoms with van der Waals surface area (Å²) in [6.07, 6.45) is 6.86. The fraction of sp³-hybridized carbons (Fsp3) is 0.609. The molecule has 3 aliphatic rings. The Morgan fingerprint density at radius 2 is 2.12 bits per heavy atom. The molecule has 1 N–H and O–H groups in total. The van der Waals surface area contributed by atoms with Crippen molar-refractivity contribution in [2.24, 2.45) is 23.2 Å².